The molecule has 0 fully saturated rings. The monoisotopic (exact) mass is 486 g/mol. The zero-order chi connectivity index (χ0) is 24.0. The number of ether oxygens (including phenoxy) is 1. The lowest BCUT2D eigenvalue weighted by Crippen LogP contribution is -2.45. The molecule has 1 unspecified atom stereocenters. The quantitative estimate of drug-likeness (QED) is 0.445. The van der Waals surface area contributed by atoms with Gasteiger partial charge < -0.3 is 10.1 Å². The van der Waals surface area contributed by atoms with Crippen molar-refractivity contribution < 1.29 is 17.9 Å². The Morgan fingerprint density at radius 2 is 1.67 bits per heavy atom. The molecule has 0 heterocycles. The van der Waals surface area contributed by atoms with E-state index in [0.29, 0.717) is 17.4 Å². The van der Waals surface area contributed by atoms with Gasteiger partial charge in [-0.25, -0.2) is 8.42 Å². The highest BCUT2D eigenvalue weighted by Gasteiger charge is 2.27. The highest BCUT2D eigenvalue weighted by molar-refractivity contribution is 7.89. The number of sulfonamides is 1. The number of nitrogens with one attached hydrogen (secondary N) is 2. The van der Waals surface area contributed by atoms with E-state index in [1.54, 1.807) is 0 Å². The predicted octanol–water partition coefficient (Wildman–Crippen LogP) is 5.00. The van der Waals surface area contributed by atoms with Gasteiger partial charge in [0.05, 0.1) is 17.0 Å². The summed E-state index contributed by atoms with van der Waals surface area (Å²) in [6.07, 6.45) is 0.180. The topological polar surface area (TPSA) is 84.5 Å². The second-order valence-corrected chi connectivity index (χ2v) is 10.0. The average Bonchev–Trinajstić information content (AvgIpc) is 2.79. The average molecular weight is 487 g/mol. The molecular formula is C25H27ClN2O4S. The van der Waals surface area contributed by atoms with Crippen LogP contribution in [0.4, 0.5) is 5.69 Å². The number of halogens is 1. The second kappa shape index (κ2) is 10.8. The number of methoxy groups -OCH3 is 1. The Morgan fingerprint density at radius 3 is 2.24 bits per heavy atom. The molecule has 0 bridgehead atoms. The van der Waals surface area contributed by atoms with Crippen LogP contribution in [0.25, 0.3) is 0 Å². The summed E-state index contributed by atoms with van der Waals surface area (Å²) in [5, 5.41) is 2.98. The summed E-state index contributed by atoms with van der Waals surface area (Å²) in [4.78, 5) is 13.1. The smallest absolute Gasteiger partial charge is 0.242 e. The fourth-order valence-electron chi connectivity index (χ4n) is 3.29. The van der Waals surface area contributed by atoms with Crippen molar-refractivity contribution >= 4 is 33.2 Å². The Balaban J connectivity index is 1.85. The first-order chi connectivity index (χ1) is 15.7. The van der Waals surface area contributed by atoms with Crippen LogP contribution in [0.15, 0.2) is 77.7 Å². The molecule has 0 aliphatic heterocycles. The Hall–Kier alpha value is -2.87. The van der Waals surface area contributed by atoms with Gasteiger partial charge in [-0.15, -0.1) is 0 Å². The summed E-state index contributed by atoms with van der Waals surface area (Å²) in [7, 11) is -2.59. The highest BCUT2D eigenvalue weighted by atomic mass is 35.5. The maximum atomic E-state index is 13.1. The Bertz CT molecular complexity index is 1200. The number of benzene rings is 3. The number of carbonyl (C=O) groups excluding carboxylic acids is 1. The molecule has 2 N–H and O–H groups in total. The van der Waals surface area contributed by atoms with Gasteiger partial charge in [-0.05, 0) is 53.8 Å². The Morgan fingerprint density at radius 1 is 1.00 bits per heavy atom. The number of rotatable bonds is 9. The summed E-state index contributed by atoms with van der Waals surface area (Å²) in [6.45, 7) is 4.17. The normalized spacial score (nSPS) is 12.4. The van der Waals surface area contributed by atoms with Crippen molar-refractivity contribution in [1.82, 2.24) is 4.72 Å². The van der Waals surface area contributed by atoms with Crippen molar-refractivity contribution in [3.8, 4) is 5.75 Å². The minimum atomic E-state index is -4.03. The number of anilines is 1. The molecule has 0 aromatic heterocycles. The van der Waals surface area contributed by atoms with Gasteiger partial charge in [0, 0.05) is 5.69 Å². The molecule has 3 aromatic carbocycles. The van der Waals surface area contributed by atoms with Crippen molar-refractivity contribution in [1.29, 1.82) is 0 Å². The van der Waals surface area contributed by atoms with Gasteiger partial charge in [0.15, 0.2) is 0 Å². The lowest BCUT2D eigenvalue weighted by atomic mass is 10.0. The minimum absolute atomic E-state index is 0.0551. The molecule has 1 atom stereocenters. The molecule has 0 spiro atoms. The first-order valence-electron chi connectivity index (χ1n) is 10.5. The van der Waals surface area contributed by atoms with E-state index in [1.165, 1.54) is 25.3 Å². The summed E-state index contributed by atoms with van der Waals surface area (Å²) in [6, 6.07) is 19.8. The molecule has 0 aliphatic rings. The van der Waals surface area contributed by atoms with Crippen LogP contribution in [0.5, 0.6) is 5.75 Å². The molecule has 1 amide bonds. The van der Waals surface area contributed by atoms with E-state index in [9.17, 15) is 13.2 Å². The van der Waals surface area contributed by atoms with Crippen LogP contribution in [0.1, 0.15) is 30.9 Å². The molecule has 8 heteroatoms. The fourth-order valence-corrected chi connectivity index (χ4v) is 4.83. The largest absolute Gasteiger partial charge is 0.495 e. The third-order valence-corrected chi connectivity index (χ3v) is 6.94. The number of hydrogen-bond donors (Lipinski definition) is 2. The summed E-state index contributed by atoms with van der Waals surface area (Å²) >= 11 is 6.11. The minimum Gasteiger partial charge on any atom is -0.495 e. The van der Waals surface area contributed by atoms with Crippen LogP contribution in [-0.4, -0.2) is 27.5 Å². The van der Waals surface area contributed by atoms with Crippen LogP contribution in [-0.2, 0) is 21.2 Å². The number of amides is 1. The van der Waals surface area contributed by atoms with Gasteiger partial charge in [-0.1, -0.05) is 67.9 Å². The summed E-state index contributed by atoms with van der Waals surface area (Å²) < 4.78 is 33.8. The van der Waals surface area contributed by atoms with Crippen LogP contribution in [0, 0.1) is 0 Å². The van der Waals surface area contributed by atoms with Crippen molar-refractivity contribution in [2.45, 2.75) is 37.1 Å². The van der Waals surface area contributed by atoms with E-state index >= 15 is 0 Å². The molecule has 33 heavy (non-hydrogen) atoms. The highest BCUT2D eigenvalue weighted by Crippen LogP contribution is 2.27. The van der Waals surface area contributed by atoms with E-state index < -0.39 is 22.0 Å². The predicted molar refractivity (Wildman–Crippen MR) is 131 cm³/mol. The molecule has 0 saturated heterocycles. The first-order valence-corrected chi connectivity index (χ1v) is 12.4. The van der Waals surface area contributed by atoms with E-state index in [4.69, 9.17) is 16.3 Å². The zero-order valence-electron chi connectivity index (χ0n) is 18.7. The summed E-state index contributed by atoms with van der Waals surface area (Å²) in [5.74, 6) is 0.266. The van der Waals surface area contributed by atoms with E-state index in [-0.39, 0.29) is 16.3 Å². The van der Waals surface area contributed by atoms with Gasteiger partial charge in [0.2, 0.25) is 15.9 Å². The number of hydrogen-bond acceptors (Lipinski definition) is 4. The maximum absolute atomic E-state index is 13.1. The number of carbonyl (C=O) groups is 1. The standard InChI is InChI=1S/C25H27ClN2O4S/c1-17(2)19-9-11-20(12-10-19)27-25(29)23(15-18-7-5-4-6-8-18)28-33(30,31)21-13-14-24(32-3)22(26)16-21/h4-14,16-17,23,28H,15H2,1-3H3,(H,27,29). The lowest BCUT2D eigenvalue weighted by Gasteiger charge is -2.19. The maximum Gasteiger partial charge on any atom is 0.242 e. The Kier molecular flexibility index (Phi) is 8.13. The lowest BCUT2D eigenvalue weighted by molar-refractivity contribution is -0.117. The molecule has 3 rings (SSSR count). The van der Waals surface area contributed by atoms with E-state index in [1.807, 2.05) is 54.6 Å². The molecule has 174 valence electrons. The van der Waals surface area contributed by atoms with Gasteiger partial charge in [-0.3, -0.25) is 4.79 Å². The fraction of sp³-hybridized carbons (Fsp3) is 0.240. The van der Waals surface area contributed by atoms with Crippen molar-refractivity contribution in [2.75, 3.05) is 12.4 Å². The second-order valence-electron chi connectivity index (χ2n) is 7.93. The van der Waals surface area contributed by atoms with Crippen LogP contribution in [0.2, 0.25) is 5.02 Å². The van der Waals surface area contributed by atoms with Gasteiger partial charge in [0.25, 0.3) is 0 Å². The molecule has 0 aliphatic carbocycles. The summed E-state index contributed by atoms with van der Waals surface area (Å²) in [5.41, 5.74) is 2.56. The van der Waals surface area contributed by atoms with Gasteiger partial charge >= 0.3 is 0 Å². The first kappa shape index (κ1) is 24.8. The van der Waals surface area contributed by atoms with Gasteiger partial charge in [-0.2, -0.15) is 4.72 Å². The van der Waals surface area contributed by atoms with Crippen molar-refractivity contribution in [3.05, 3.63) is 88.9 Å². The SMILES string of the molecule is COc1ccc(S(=O)(=O)NC(Cc2ccccc2)C(=O)Nc2ccc(C(C)C)cc2)cc1Cl. The Labute approximate surface area is 200 Å². The van der Waals surface area contributed by atoms with Crippen LogP contribution >= 0.6 is 11.6 Å². The van der Waals surface area contributed by atoms with Crippen LogP contribution in [0.3, 0.4) is 0 Å². The third kappa shape index (κ3) is 6.57. The molecule has 3 aromatic rings. The van der Waals surface area contributed by atoms with Crippen molar-refractivity contribution in [3.63, 3.8) is 0 Å². The van der Waals surface area contributed by atoms with Crippen LogP contribution < -0.4 is 14.8 Å². The van der Waals surface area contributed by atoms with Crippen molar-refractivity contribution in [2.24, 2.45) is 0 Å². The molecule has 0 saturated carbocycles. The van der Waals surface area contributed by atoms with E-state index in [2.05, 4.69) is 23.9 Å². The molecule has 0 radical (unpaired) electrons. The zero-order valence-corrected chi connectivity index (χ0v) is 20.3. The van der Waals surface area contributed by atoms with E-state index in [0.717, 1.165) is 11.1 Å². The van der Waals surface area contributed by atoms with Gasteiger partial charge in [0.1, 0.15) is 11.8 Å². The third-order valence-electron chi connectivity index (χ3n) is 5.17. The molecule has 6 nitrogen and oxygen atoms in total. The molecular weight excluding hydrogens is 460 g/mol.